The molecule has 5 nitrogen and oxygen atoms in total. The molecule has 2 aromatic rings. The van der Waals surface area contributed by atoms with Crippen LogP contribution in [0.1, 0.15) is 0 Å². The largest absolute Gasteiger partial charge is 0.497 e. The van der Waals surface area contributed by atoms with Gasteiger partial charge in [0.1, 0.15) is 18.1 Å². The van der Waals surface area contributed by atoms with E-state index in [1.807, 2.05) is 18.2 Å². The number of benzene rings is 2. The molecular formula is C16H17ClN2O3. The number of methoxy groups -OCH3 is 1. The van der Waals surface area contributed by atoms with E-state index in [9.17, 15) is 4.79 Å². The van der Waals surface area contributed by atoms with E-state index in [4.69, 9.17) is 21.1 Å². The van der Waals surface area contributed by atoms with Crippen LogP contribution in [0.15, 0.2) is 48.5 Å². The van der Waals surface area contributed by atoms with Crippen molar-refractivity contribution in [2.75, 3.05) is 25.6 Å². The number of hydrogen-bond acceptors (Lipinski definition) is 3. The molecule has 0 aliphatic rings. The third-order valence-corrected chi connectivity index (χ3v) is 3.02. The van der Waals surface area contributed by atoms with Crippen LogP contribution in [0.2, 0.25) is 5.02 Å². The zero-order chi connectivity index (χ0) is 15.8. The molecule has 0 spiro atoms. The highest BCUT2D eigenvalue weighted by Crippen LogP contribution is 2.18. The lowest BCUT2D eigenvalue weighted by Crippen LogP contribution is -2.32. The van der Waals surface area contributed by atoms with Crippen molar-refractivity contribution in [2.45, 2.75) is 0 Å². The van der Waals surface area contributed by atoms with Crippen LogP contribution in [0.5, 0.6) is 11.5 Å². The van der Waals surface area contributed by atoms with E-state index in [-0.39, 0.29) is 6.03 Å². The molecule has 22 heavy (non-hydrogen) atoms. The summed E-state index contributed by atoms with van der Waals surface area (Å²) in [6.07, 6.45) is 0. The van der Waals surface area contributed by atoms with E-state index in [0.717, 1.165) is 5.75 Å². The number of rotatable bonds is 6. The van der Waals surface area contributed by atoms with Crippen LogP contribution in [-0.2, 0) is 0 Å². The molecule has 0 aromatic heterocycles. The molecule has 0 atom stereocenters. The number of ether oxygens (including phenoxy) is 2. The molecule has 0 bridgehead atoms. The lowest BCUT2D eigenvalue weighted by atomic mass is 10.3. The second-order valence-electron chi connectivity index (χ2n) is 4.42. The Morgan fingerprint density at radius 3 is 2.68 bits per heavy atom. The Labute approximate surface area is 134 Å². The quantitative estimate of drug-likeness (QED) is 0.800. The molecule has 0 saturated carbocycles. The normalized spacial score (nSPS) is 9.91. The summed E-state index contributed by atoms with van der Waals surface area (Å²) in [7, 11) is 1.60. The van der Waals surface area contributed by atoms with Crippen LogP contribution in [0, 0.1) is 0 Å². The third-order valence-electron chi connectivity index (χ3n) is 2.78. The number of nitrogens with one attached hydrogen (secondary N) is 2. The fraction of sp³-hybridized carbons (Fsp3) is 0.188. The summed E-state index contributed by atoms with van der Waals surface area (Å²) in [5.74, 6) is 1.42. The topological polar surface area (TPSA) is 59.6 Å². The van der Waals surface area contributed by atoms with Gasteiger partial charge in [0, 0.05) is 16.8 Å². The maximum Gasteiger partial charge on any atom is 0.319 e. The Bertz CT molecular complexity index is 634. The summed E-state index contributed by atoms with van der Waals surface area (Å²) in [6, 6.07) is 13.9. The minimum absolute atomic E-state index is 0.309. The maximum absolute atomic E-state index is 11.7. The lowest BCUT2D eigenvalue weighted by Gasteiger charge is -2.10. The number of carbonyl (C=O) groups excluding carboxylic acids is 1. The number of amides is 2. The van der Waals surface area contributed by atoms with Crippen molar-refractivity contribution in [1.82, 2.24) is 5.32 Å². The van der Waals surface area contributed by atoms with Crippen molar-refractivity contribution in [3.8, 4) is 11.5 Å². The molecule has 0 unspecified atom stereocenters. The van der Waals surface area contributed by atoms with E-state index in [1.165, 1.54) is 0 Å². The van der Waals surface area contributed by atoms with E-state index in [1.54, 1.807) is 37.4 Å². The molecule has 0 heterocycles. The molecule has 2 N–H and O–H groups in total. The van der Waals surface area contributed by atoms with Gasteiger partial charge in [0.05, 0.1) is 13.7 Å². The Kier molecular flexibility index (Phi) is 5.91. The van der Waals surface area contributed by atoms with E-state index in [0.29, 0.717) is 29.6 Å². The Balaban J connectivity index is 1.70. The van der Waals surface area contributed by atoms with Crippen LogP contribution in [0.25, 0.3) is 0 Å². The minimum Gasteiger partial charge on any atom is -0.497 e. The van der Waals surface area contributed by atoms with Gasteiger partial charge in [-0.25, -0.2) is 4.79 Å². The van der Waals surface area contributed by atoms with Crippen molar-refractivity contribution in [2.24, 2.45) is 0 Å². The predicted octanol–water partition coefficient (Wildman–Crippen LogP) is 3.55. The number of hydrogen-bond donors (Lipinski definition) is 2. The Morgan fingerprint density at radius 2 is 1.91 bits per heavy atom. The SMILES string of the molecule is COc1cccc(OCCNC(=O)Nc2cccc(Cl)c2)c1. The van der Waals surface area contributed by atoms with Gasteiger partial charge in [-0.2, -0.15) is 0 Å². The third kappa shape index (κ3) is 5.18. The van der Waals surface area contributed by atoms with Gasteiger partial charge < -0.3 is 20.1 Å². The fourth-order valence-electron chi connectivity index (χ4n) is 1.77. The monoisotopic (exact) mass is 320 g/mol. The molecule has 2 amide bonds. The second kappa shape index (κ2) is 8.14. The molecule has 116 valence electrons. The number of anilines is 1. The van der Waals surface area contributed by atoms with Crippen LogP contribution < -0.4 is 20.1 Å². The highest BCUT2D eigenvalue weighted by atomic mass is 35.5. The Morgan fingerprint density at radius 1 is 1.14 bits per heavy atom. The summed E-state index contributed by atoms with van der Waals surface area (Å²) >= 11 is 5.85. The summed E-state index contributed by atoms with van der Waals surface area (Å²) in [5, 5.41) is 5.96. The minimum atomic E-state index is -0.309. The fourth-order valence-corrected chi connectivity index (χ4v) is 1.96. The summed E-state index contributed by atoms with van der Waals surface area (Å²) in [4.78, 5) is 11.7. The summed E-state index contributed by atoms with van der Waals surface area (Å²) in [6.45, 7) is 0.736. The molecule has 2 rings (SSSR count). The molecule has 0 aliphatic heterocycles. The molecule has 2 aromatic carbocycles. The second-order valence-corrected chi connectivity index (χ2v) is 4.86. The molecule has 0 aliphatic carbocycles. The highest BCUT2D eigenvalue weighted by Gasteiger charge is 2.02. The molecule has 0 radical (unpaired) electrons. The van der Waals surface area contributed by atoms with Crippen molar-refractivity contribution in [3.05, 3.63) is 53.6 Å². The van der Waals surface area contributed by atoms with Gasteiger partial charge in [-0.1, -0.05) is 23.7 Å². The zero-order valence-corrected chi connectivity index (χ0v) is 12.9. The van der Waals surface area contributed by atoms with Crippen molar-refractivity contribution in [1.29, 1.82) is 0 Å². The van der Waals surface area contributed by atoms with Crippen molar-refractivity contribution in [3.63, 3.8) is 0 Å². The molecular weight excluding hydrogens is 304 g/mol. The van der Waals surface area contributed by atoms with Crippen LogP contribution in [-0.4, -0.2) is 26.3 Å². The molecule has 6 heteroatoms. The van der Waals surface area contributed by atoms with Gasteiger partial charge in [0.25, 0.3) is 0 Å². The Hall–Kier alpha value is -2.40. The first kappa shape index (κ1) is 16.0. The van der Waals surface area contributed by atoms with E-state index < -0.39 is 0 Å². The van der Waals surface area contributed by atoms with Crippen LogP contribution >= 0.6 is 11.6 Å². The molecule has 0 saturated heterocycles. The maximum atomic E-state index is 11.7. The van der Waals surface area contributed by atoms with Crippen molar-refractivity contribution < 1.29 is 14.3 Å². The average Bonchev–Trinajstić information content (AvgIpc) is 2.52. The number of urea groups is 1. The summed E-state index contributed by atoms with van der Waals surface area (Å²) in [5.41, 5.74) is 0.638. The van der Waals surface area contributed by atoms with E-state index in [2.05, 4.69) is 10.6 Å². The first-order chi connectivity index (χ1) is 10.7. The predicted molar refractivity (Wildman–Crippen MR) is 87.0 cm³/mol. The van der Waals surface area contributed by atoms with Gasteiger partial charge in [0.15, 0.2) is 0 Å². The number of halogens is 1. The highest BCUT2D eigenvalue weighted by molar-refractivity contribution is 6.30. The smallest absolute Gasteiger partial charge is 0.319 e. The number of carbonyl (C=O) groups is 1. The zero-order valence-electron chi connectivity index (χ0n) is 12.1. The van der Waals surface area contributed by atoms with Crippen LogP contribution in [0.4, 0.5) is 10.5 Å². The standard InChI is InChI=1S/C16H17ClN2O3/c1-21-14-6-3-7-15(11-14)22-9-8-18-16(20)19-13-5-2-4-12(17)10-13/h2-7,10-11H,8-9H2,1H3,(H2,18,19,20). The first-order valence-corrected chi connectivity index (χ1v) is 7.12. The van der Waals surface area contributed by atoms with E-state index >= 15 is 0 Å². The molecule has 0 fully saturated rings. The van der Waals surface area contributed by atoms with Gasteiger partial charge in [-0.15, -0.1) is 0 Å². The lowest BCUT2D eigenvalue weighted by molar-refractivity contribution is 0.247. The van der Waals surface area contributed by atoms with Gasteiger partial charge in [-0.3, -0.25) is 0 Å². The summed E-state index contributed by atoms with van der Waals surface area (Å²) < 4.78 is 10.6. The van der Waals surface area contributed by atoms with Gasteiger partial charge in [0.2, 0.25) is 0 Å². The van der Waals surface area contributed by atoms with Gasteiger partial charge >= 0.3 is 6.03 Å². The van der Waals surface area contributed by atoms with Crippen molar-refractivity contribution >= 4 is 23.3 Å². The van der Waals surface area contributed by atoms with Gasteiger partial charge in [-0.05, 0) is 30.3 Å². The average molecular weight is 321 g/mol. The van der Waals surface area contributed by atoms with Crippen LogP contribution in [0.3, 0.4) is 0 Å². The first-order valence-electron chi connectivity index (χ1n) is 6.74.